The van der Waals surface area contributed by atoms with E-state index in [1.807, 2.05) is 59.5 Å². The molecule has 2 atom stereocenters. The second kappa shape index (κ2) is 6.74. The van der Waals surface area contributed by atoms with E-state index in [1.54, 1.807) is 12.3 Å². The first-order valence-electron chi connectivity index (χ1n) is 9.54. The monoisotopic (exact) mass is 385 g/mol. The fourth-order valence-electron chi connectivity index (χ4n) is 4.20. The van der Waals surface area contributed by atoms with Crippen molar-refractivity contribution in [2.75, 3.05) is 0 Å². The Morgan fingerprint density at radius 2 is 1.93 bits per heavy atom. The summed E-state index contributed by atoms with van der Waals surface area (Å²) in [6.07, 6.45) is 1.78. The molecule has 0 aliphatic carbocycles. The number of hydrogen-bond acceptors (Lipinski definition) is 4. The van der Waals surface area contributed by atoms with E-state index in [1.165, 1.54) is 0 Å². The number of carbonyl (C=O) groups is 1. The Morgan fingerprint density at radius 1 is 1.10 bits per heavy atom. The third-order valence-electron chi connectivity index (χ3n) is 5.57. The lowest BCUT2D eigenvalue weighted by atomic mass is 9.91. The molecule has 0 fully saturated rings. The number of amides is 1. The number of aromatic nitrogens is 2. The summed E-state index contributed by atoms with van der Waals surface area (Å²) in [5, 5.41) is 0. The Morgan fingerprint density at radius 3 is 2.76 bits per heavy atom. The van der Waals surface area contributed by atoms with Gasteiger partial charge in [-0.15, -0.1) is 0 Å². The SMILES string of the molecule is C[C@H](c1ccccn1)[C@H]1c2ccccc2C(=O)N1Cc1ccc2[nH]c(=O)oc2c1. The van der Waals surface area contributed by atoms with Gasteiger partial charge in [0.05, 0.1) is 11.6 Å². The van der Waals surface area contributed by atoms with E-state index in [9.17, 15) is 9.59 Å². The zero-order chi connectivity index (χ0) is 20.0. The van der Waals surface area contributed by atoms with Crippen LogP contribution in [0.3, 0.4) is 0 Å². The number of H-pyrrole nitrogens is 1. The highest BCUT2D eigenvalue weighted by Gasteiger charge is 2.40. The Labute approximate surface area is 166 Å². The van der Waals surface area contributed by atoms with Gasteiger partial charge in [0, 0.05) is 29.9 Å². The van der Waals surface area contributed by atoms with E-state index in [-0.39, 0.29) is 17.9 Å². The predicted molar refractivity (Wildman–Crippen MR) is 109 cm³/mol. The first-order chi connectivity index (χ1) is 14.1. The molecule has 0 bridgehead atoms. The number of fused-ring (bicyclic) bond motifs is 2. The molecule has 6 nitrogen and oxygen atoms in total. The maximum atomic E-state index is 13.2. The number of aromatic amines is 1. The minimum Gasteiger partial charge on any atom is -0.408 e. The van der Waals surface area contributed by atoms with Crippen molar-refractivity contribution in [3.63, 3.8) is 0 Å². The number of benzene rings is 2. The summed E-state index contributed by atoms with van der Waals surface area (Å²) in [6, 6.07) is 19.0. The number of nitrogens with zero attached hydrogens (tertiary/aromatic N) is 2. The number of nitrogens with one attached hydrogen (secondary N) is 1. The molecule has 0 spiro atoms. The molecule has 1 aliphatic rings. The van der Waals surface area contributed by atoms with E-state index in [2.05, 4.69) is 16.9 Å². The summed E-state index contributed by atoms with van der Waals surface area (Å²) < 4.78 is 5.18. The smallest absolute Gasteiger partial charge is 0.408 e. The molecule has 144 valence electrons. The number of rotatable bonds is 4. The molecule has 0 radical (unpaired) electrons. The summed E-state index contributed by atoms with van der Waals surface area (Å²) in [6.45, 7) is 2.52. The van der Waals surface area contributed by atoms with Crippen LogP contribution in [0.15, 0.2) is 76.1 Å². The van der Waals surface area contributed by atoms with Crippen LogP contribution < -0.4 is 5.76 Å². The fraction of sp³-hybridized carbons (Fsp3) is 0.174. The van der Waals surface area contributed by atoms with Gasteiger partial charge in [-0.05, 0) is 41.5 Å². The van der Waals surface area contributed by atoms with Crippen LogP contribution in [0, 0.1) is 0 Å². The van der Waals surface area contributed by atoms with Crippen LogP contribution in [-0.4, -0.2) is 20.8 Å². The minimum absolute atomic E-state index is 0.00370. The highest BCUT2D eigenvalue weighted by Crippen LogP contribution is 2.43. The minimum atomic E-state index is -0.483. The number of pyridine rings is 1. The number of hydrogen-bond donors (Lipinski definition) is 1. The third-order valence-corrected chi connectivity index (χ3v) is 5.57. The third kappa shape index (κ3) is 2.93. The van der Waals surface area contributed by atoms with E-state index < -0.39 is 5.76 Å². The van der Waals surface area contributed by atoms with Crippen molar-refractivity contribution in [1.82, 2.24) is 14.9 Å². The molecule has 1 aliphatic heterocycles. The quantitative estimate of drug-likeness (QED) is 0.575. The lowest BCUT2D eigenvalue weighted by Crippen LogP contribution is -2.30. The first-order valence-corrected chi connectivity index (χ1v) is 9.54. The van der Waals surface area contributed by atoms with Crippen molar-refractivity contribution >= 4 is 17.0 Å². The van der Waals surface area contributed by atoms with Gasteiger partial charge < -0.3 is 9.32 Å². The largest absolute Gasteiger partial charge is 0.417 e. The highest BCUT2D eigenvalue weighted by atomic mass is 16.4. The van der Waals surface area contributed by atoms with Gasteiger partial charge in [-0.25, -0.2) is 4.79 Å². The number of oxazole rings is 1. The van der Waals surface area contributed by atoms with Crippen molar-refractivity contribution in [3.8, 4) is 0 Å². The summed E-state index contributed by atoms with van der Waals surface area (Å²) in [4.78, 5) is 33.7. The lowest BCUT2D eigenvalue weighted by molar-refractivity contribution is 0.0687. The molecule has 3 heterocycles. The molecule has 0 saturated heterocycles. The van der Waals surface area contributed by atoms with Crippen LogP contribution in [0.4, 0.5) is 0 Å². The molecule has 1 amide bonds. The molecule has 4 aromatic rings. The average Bonchev–Trinajstić information content (AvgIpc) is 3.25. The predicted octanol–water partition coefficient (Wildman–Crippen LogP) is 4.02. The van der Waals surface area contributed by atoms with Crippen LogP contribution in [0.25, 0.3) is 11.1 Å². The molecule has 2 aromatic heterocycles. The van der Waals surface area contributed by atoms with Crippen molar-refractivity contribution in [1.29, 1.82) is 0 Å². The highest BCUT2D eigenvalue weighted by molar-refractivity contribution is 5.99. The van der Waals surface area contributed by atoms with Gasteiger partial charge in [0.25, 0.3) is 5.91 Å². The average molecular weight is 385 g/mol. The standard InChI is InChI=1S/C23H19N3O3/c1-14(18-8-4-5-11-24-18)21-16-6-2-3-7-17(16)22(27)26(21)13-15-9-10-19-20(12-15)29-23(28)25-19/h2-12,14,21H,13H2,1H3,(H,25,28)/t14-,21+/m1/s1. The molecule has 0 saturated carbocycles. The van der Waals surface area contributed by atoms with Gasteiger partial charge in [-0.3, -0.25) is 14.8 Å². The second-order valence-electron chi connectivity index (χ2n) is 7.35. The molecule has 1 N–H and O–H groups in total. The molecular weight excluding hydrogens is 366 g/mol. The molecule has 6 heteroatoms. The maximum Gasteiger partial charge on any atom is 0.417 e. The molecule has 2 aromatic carbocycles. The van der Waals surface area contributed by atoms with Crippen LogP contribution in [0.5, 0.6) is 0 Å². The lowest BCUT2D eigenvalue weighted by Gasteiger charge is -2.30. The summed E-state index contributed by atoms with van der Waals surface area (Å²) in [5.41, 5.74) is 4.73. The Bertz CT molecular complexity index is 1260. The van der Waals surface area contributed by atoms with Crippen molar-refractivity contribution in [2.24, 2.45) is 0 Å². The van der Waals surface area contributed by atoms with Crippen molar-refractivity contribution in [3.05, 3.63) is 99.8 Å². The zero-order valence-electron chi connectivity index (χ0n) is 15.8. The van der Waals surface area contributed by atoms with Gasteiger partial charge in [0.15, 0.2) is 5.58 Å². The Balaban J connectivity index is 1.55. The van der Waals surface area contributed by atoms with Gasteiger partial charge in [0.2, 0.25) is 0 Å². The van der Waals surface area contributed by atoms with Gasteiger partial charge >= 0.3 is 5.76 Å². The van der Waals surface area contributed by atoms with Gasteiger partial charge in [-0.1, -0.05) is 37.3 Å². The first kappa shape index (κ1) is 17.4. The number of carbonyl (C=O) groups excluding carboxylic acids is 1. The Kier molecular flexibility index (Phi) is 4.05. The van der Waals surface area contributed by atoms with Crippen LogP contribution in [0.2, 0.25) is 0 Å². The van der Waals surface area contributed by atoms with Gasteiger partial charge in [0.1, 0.15) is 0 Å². The summed E-state index contributed by atoms with van der Waals surface area (Å²) in [7, 11) is 0. The van der Waals surface area contributed by atoms with E-state index in [0.717, 1.165) is 22.4 Å². The zero-order valence-corrected chi connectivity index (χ0v) is 15.8. The van der Waals surface area contributed by atoms with Crippen LogP contribution in [-0.2, 0) is 6.54 Å². The van der Waals surface area contributed by atoms with E-state index in [4.69, 9.17) is 4.42 Å². The van der Waals surface area contributed by atoms with Gasteiger partial charge in [-0.2, -0.15) is 0 Å². The molecule has 29 heavy (non-hydrogen) atoms. The summed E-state index contributed by atoms with van der Waals surface area (Å²) >= 11 is 0. The van der Waals surface area contributed by atoms with Crippen molar-refractivity contribution in [2.45, 2.75) is 25.4 Å². The molecular formula is C23H19N3O3. The molecule has 5 rings (SSSR count). The fourth-order valence-corrected chi connectivity index (χ4v) is 4.20. The van der Waals surface area contributed by atoms with E-state index in [0.29, 0.717) is 17.6 Å². The Hall–Kier alpha value is -3.67. The second-order valence-corrected chi connectivity index (χ2v) is 7.35. The maximum absolute atomic E-state index is 13.2. The van der Waals surface area contributed by atoms with Crippen LogP contribution in [0.1, 0.15) is 46.1 Å². The molecule has 0 unspecified atom stereocenters. The normalized spacial score (nSPS) is 16.9. The van der Waals surface area contributed by atoms with Crippen LogP contribution >= 0.6 is 0 Å². The van der Waals surface area contributed by atoms with Crippen molar-refractivity contribution < 1.29 is 9.21 Å². The van der Waals surface area contributed by atoms with E-state index >= 15 is 0 Å². The topological polar surface area (TPSA) is 79.2 Å². The summed E-state index contributed by atoms with van der Waals surface area (Å²) in [5.74, 6) is -0.454.